The number of aryl methyl sites for hydroxylation is 1. The van der Waals surface area contributed by atoms with Gasteiger partial charge >= 0.3 is 0 Å². The van der Waals surface area contributed by atoms with Gasteiger partial charge in [-0.25, -0.2) is 0 Å². The van der Waals surface area contributed by atoms with Crippen LogP contribution in [0.15, 0.2) is 61.2 Å². The summed E-state index contributed by atoms with van der Waals surface area (Å²) >= 11 is 0. The highest BCUT2D eigenvalue weighted by molar-refractivity contribution is 5.94. The Morgan fingerprint density at radius 3 is 2.33 bits per heavy atom. The van der Waals surface area contributed by atoms with Crippen molar-refractivity contribution in [2.75, 3.05) is 6.54 Å². The second-order valence-corrected chi connectivity index (χ2v) is 7.39. The van der Waals surface area contributed by atoms with Gasteiger partial charge in [0.1, 0.15) is 12.7 Å². The maximum Gasteiger partial charge on any atom is 0.254 e. The molecule has 1 aliphatic heterocycles. The standard InChI is InChI=1S/C22H24N4O/c1-16-5-7-18(8-6-16)21-17(2)4-3-13-26(21)22(27)19-9-11-20(12-10-19)25-14-23-24-15-25/h5-12,14-15,17,21H,3-4,13H2,1-2H3. The molecule has 1 saturated heterocycles. The molecule has 4 rings (SSSR count). The number of likely N-dealkylation sites (tertiary alicyclic amines) is 1. The second-order valence-electron chi connectivity index (χ2n) is 7.39. The first-order chi connectivity index (χ1) is 13.1. The molecule has 1 fully saturated rings. The SMILES string of the molecule is Cc1ccc(C2C(C)CCCN2C(=O)c2ccc(-n3cnnc3)cc2)cc1. The van der Waals surface area contributed by atoms with Gasteiger partial charge in [0.2, 0.25) is 0 Å². The number of hydrogen-bond acceptors (Lipinski definition) is 3. The van der Waals surface area contributed by atoms with Gasteiger partial charge in [-0.15, -0.1) is 10.2 Å². The Balaban J connectivity index is 1.61. The van der Waals surface area contributed by atoms with Crippen LogP contribution in [-0.4, -0.2) is 32.1 Å². The fraction of sp³-hybridized carbons (Fsp3) is 0.318. The van der Waals surface area contributed by atoms with Crippen molar-refractivity contribution >= 4 is 5.91 Å². The molecule has 2 heterocycles. The first-order valence-electron chi connectivity index (χ1n) is 9.46. The van der Waals surface area contributed by atoms with Crippen LogP contribution in [0, 0.1) is 12.8 Å². The van der Waals surface area contributed by atoms with Gasteiger partial charge in [-0.3, -0.25) is 9.36 Å². The molecule has 0 N–H and O–H groups in total. The van der Waals surface area contributed by atoms with E-state index in [0.29, 0.717) is 5.92 Å². The molecule has 27 heavy (non-hydrogen) atoms. The summed E-state index contributed by atoms with van der Waals surface area (Å²) in [4.78, 5) is 15.3. The molecule has 0 bridgehead atoms. The fourth-order valence-corrected chi connectivity index (χ4v) is 3.96. The Morgan fingerprint density at radius 1 is 1.00 bits per heavy atom. The minimum absolute atomic E-state index is 0.0995. The predicted molar refractivity (Wildman–Crippen MR) is 105 cm³/mol. The zero-order valence-corrected chi connectivity index (χ0v) is 15.7. The lowest BCUT2D eigenvalue weighted by atomic mass is 9.85. The van der Waals surface area contributed by atoms with Gasteiger partial charge in [-0.2, -0.15) is 0 Å². The van der Waals surface area contributed by atoms with Crippen LogP contribution in [0.1, 0.15) is 47.3 Å². The average molecular weight is 360 g/mol. The van der Waals surface area contributed by atoms with E-state index in [2.05, 4.69) is 48.3 Å². The van der Waals surface area contributed by atoms with Crippen molar-refractivity contribution in [2.45, 2.75) is 32.7 Å². The minimum atomic E-state index is 0.0995. The molecule has 0 aliphatic carbocycles. The van der Waals surface area contributed by atoms with Crippen LogP contribution in [0.2, 0.25) is 0 Å². The summed E-state index contributed by atoms with van der Waals surface area (Å²) in [5.74, 6) is 0.545. The lowest BCUT2D eigenvalue weighted by molar-refractivity contribution is 0.0513. The van der Waals surface area contributed by atoms with Gasteiger partial charge in [-0.05, 0) is 55.5 Å². The zero-order valence-electron chi connectivity index (χ0n) is 15.7. The van der Waals surface area contributed by atoms with E-state index in [9.17, 15) is 4.79 Å². The van der Waals surface area contributed by atoms with Crippen molar-refractivity contribution in [3.05, 3.63) is 77.9 Å². The Bertz CT molecular complexity index is 901. The van der Waals surface area contributed by atoms with Gasteiger partial charge in [0.15, 0.2) is 0 Å². The number of hydrogen-bond donors (Lipinski definition) is 0. The number of aromatic nitrogens is 3. The molecule has 2 atom stereocenters. The third-order valence-electron chi connectivity index (χ3n) is 5.44. The van der Waals surface area contributed by atoms with Gasteiger partial charge in [-0.1, -0.05) is 36.8 Å². The van der Waals surface area contributed by atoms with E-state index in [-0.39, 0.29) is 11.9 Å². The predicted octanol–water partition coefficient (Wildman–Crippen LogP) is 4.19. The number of nitrogens with zero attached hydrogens (tertiary/aromatic N) is 4. The summed E-state index contributed by atoms with van der Waals surface area (Å²) < 4.78 is 1.83. The molecule has 5 heteroatoms. The zero-order chi connectivity index (χ0) is 18.8. The normalized spacial score (nSPS) is 19.9. The fourth-order valence-electron chi connectivity index (χ4n) is 3.96. The monoisotopic (exact) mass is 360 g/mol. The summed E-state index contributed by atoms with van der Waals surface area (Å²) in [6.07, 6.45) is 5.50. The van der Waals surface area contributed by atoms with Crippen LogP contribution in [0.25, 0.3) is 5.69 Å². The summed E-state index contributed by atoms with van der Waals surface area (Å²) in [5.41, 5.74) is 4.13. The Labute approximate surface area is 159 Å². The Hall–Kier alpha value is -2.95. The van der Waals surface area contributed by atoms with E-state index in [0.717, 1.165) is 30.6 Å². The van der Waals surface area contributed by atoms with Crippen molar-refractivity contribution in [3.8, 4) is 5.69 Å². The van der Waals surface area contributed by atoms with E-state index in [1.165, 1.54) is 11.1 Å². The first-order valence-corrected chi connectivity index (χ1v) is 9.46. The van der Waals surface area contributed by atoms with Crippen LogP contribution in [-0.2, 0) is 0 Å². The molecule has 3 aromatic rings. The van der Waals surface area contributed by atoms with Crippen LogP contribution < -0.4 is 0 Å². The number of carbonyl (C=O) groups excluding carboxylic acids is 1. The number of amides is 1. The van der Waals surface area contributed by atoms with Crippen molar-refractivity contribution in [3.63, 3.8) is 0 Å². The number of piperidine rings is 1. The summed E-state index contributed by atoms with van der Waals surface area (Å²) in [7, 11) is 0. The van der Waals surface area contributed by atoms with Crippen LogP contribution in [0.4, 0.5) is 0 Å². The van der Waals surface area contributed by atoms with Crippen LogP contribution in [0.3, 0.4) is 0 Å². The van der Waals surface area contributed by atoms with Crippen LogP contribution in [0.5, 0.6) is 0 Å². The first kappa shape index (κ1) is 17.5. The summed E-state index contributed by atoms with van der Waals surface area (Å²) in [6, 6.07) is 16.4. The molecule has 0 spiro atoms. The molecule has 1 aliphatic rings. The number of rotatable bonds is 3. The second kappa shape index (κ2) is 7.35. The average Bonchev–Trinajstić information content (AvgIpc) is 3.23. The van der Waals surface area contributed by atoms with Gasteiger partial charge in [0, 0.05) is 17.8 Å². The molecule has 0 radical (unpaired) electrons. The highest BCUT2D eigenvalue weighted by Crippen LogP contribution is 2.36. The van der Waals surface area contributed by atoms with Crippen molar-refractivity contribution in [2.24, 2.45) is 5.92 Å². The third kappa shape index (κ3) is 3.50. The van der Waals surface area contributed by atoms with Crippen molar-refractivity contribution < 1.29 is 4.79 Å². The Morgan fingerprint density at radius 2 is 1.67 bits per heavy atom. The lowest BCUT2D eigenvalue weighted by Gasteiger charge is -2.40. The molecule has 2 unspecified atom stereocenters. The highest BCUT2D eigenvalue weighted by atomic mass is 16.2. The number of benzene rings is 2. The largest absolute Gasteiger partial charge is 0.331 e. The van der Waals surface area contributed by atoms with Gasteiger partial charge in [0.25, 0.3) is 5.91 Å². The maximum absolute atomic E-state index is 13.3. The lowest BCUT2D eigenvalue weighted by Crippen LogP contribution is -2.42. The molecule has 138 valence electrons. The third-order valence-corrected chi connectivity index (χ3v) is 5.44. The molecule has 1 aromatic heterocycles. The van der Waals surface area contributed by atoms with E-state index in [1.54, 1.807) is 12.7 Å². The summed E-state index contributed by atoms with van der Waals surface area (Å²) in [5, 5.41) is 7.65. The molecule has 2 aromatic carbocycles. The molecule has 1 amide bonds. The molecular formula is C22H24N4O. The Kier molecular flexibility index (Phi) is 4.75. The molecule has 5 nitrogen and oxygen atoms in total. The highest BCUT2D eigenvalue weighted by Gasteiger charge is 2.33. The number of carbonyl (C=O) groups is 1. The van der Waals surface area contributed by atoms with E-state index in [4.69, 9.17) is 0 Å². The molecular weight excluding hydrogens is 336 g/mol. The van der Waals surface area contributed by atoms with Crippen LogP contribution >= 0.6 is 0 Å². The smallest absolute Gasteiger partial charge is 0.254 e. The minimum Gasteiger partial charge on any atom is -0.331 e. The van der Waals surface area contributed by atoms with E-state index < -0.39 is 0 Å². The summed E-state index contributed by atoms with van der Waals surface area (Å²) in [6.45, 7) is 5.14. The van der Waals surface area contributed by atoms with Crippen molar-refractivity contribution in [1.82, 2.24) is 19.7 Å². The van der Waals surface area contributed by atoms with Gasteiger partial charge in [0.05, 0.1) is 6.04 Å². The van der Waals surface area contributed by atoms with E-state index in [1.807, 2.05) is 33.7 Å². The maximum atomic E-state index is 13.3. The molecule has 0 saturated carbocycles. The van der Waals surface area contributed by atoms with Gasteiger partial charge < -0.3 is 4.90 Å². The quantitative estimate of drug-likeness (QED) is 0.704. The van der Waals surface area contributed by atoms with Crippen molar-refractivity contribution in [1.29, 1.82) is 0 Å². The topological polar surface area (TPSA) is 51.0 Å². The van der Waals surface area contributed by atoms with E-state index >= 15 is 0 Å².